The van der Waals surface area contributed by atoms with E-state index in [4.69, 9.17) is 4.74 Å². The third-order valence-corrected chi connectivity index (χ3v) is 3.23. The van der Waals surface area contributed by atoms with E-state index >= 15 is 0 Å². The van der Waals surface area contributed by atoms with Gasteiger partial charge in [0.1, 0.15) is 12.4 Å². The molecule has 0 aliphatic carbocycles. The van der Waals surface area contributed by atoms with Gasteiger partial charge >= 0.3 is 0 Å². The van der Waals surface area contributed by atoms with E-state index in [0.29, 0.717) is 23.3 Å². The first-order valence-electron chi connectivity index (χ1n) is 6.33. The summed E-state index contributed by atoms with van der Waals surface area (Å²) in [5.74, 6) is 0.551. The monoisotopic (exact) mass is 292 g/mol. The zero-order chi connectivity index (χ0) is 14.2. The van der Waals surface area contributed by atoms with Gasteiger partial charge in [-0.1, -0.05) is 29.5 Å². The molecular formula is C13H16N4O2S. The van der Waals surface area contributed by atoms with E-state index in [1.54, 1.807) is 0 Å². The second-order valence-electron chi connectivity index (χ2n) is 3.86. The maximum absolute atomic E-state index is 11.8. The number of hydrogen-bond acceptors (Lipinski definition) is 6. The third kappa shape index (κ3) is 4.20. The Balaban J connectivity index is 1.72. The number of carbonyl (C=O) groups is 1. The molecule has 0 radical (unpaired) electrons. The predicted molar refractivity (Wildman–Crippen MR) is 78.3 cm³/mol. The van der Waals surface area contributed by atoms with Crippen molar-refractivity contribution >= 4 is 22.4 Å². The highest BCUT2D eigenvalue weighted by Crippen LogP contribution is 2.14. The number of para-hydroxylation sites is 1. The molecule has 0 spiro atoms. The Bertz CT molecular complexity index is 544. The van der Waals surface area contributed by atoms with Crippen molar-refractivity contribution in [1.82, 2.24) is 15.5 Å². The molecule has 0 saturated heterocycles. The topological polar surface area (TPSA) is 76.1 Å². The van der Waals surface area contributed by atoms with Crippen LogP contribution in [0.5, 0.6) is 5.75 Å². The van der Waals surface area contributed by atoms with E-state index in [1.807, 2.05) is 37.3 Å². The first kappa shape index (κ1) is 14.3. The fraction of sp³-hybridized carbons (Fsp3) is 0.308. The normalized spacial score (nSPS) is 10.1. The van der Waals surface area contributed by atoms with Crippen LogP contribution < -0.4 is 15.4 Å². The Kier molecular flexibility index (Phi) is 5.31. The molecule has 1 amide bonds. The van der Waals surface area contributed by atoms with Crippen molar-refractivity contribution in [3.05, 3.63) is 35.3 Å². The molecule has 0 unspecified atom stereocenters. The smallest absolute Gasteiger partial charge is 0.282 e. The Morgan fingerprint density at radius 3 is 2.85 bits per heavy atom. The number of aromatic nitrogens is 2. The minimum Gasteiger partial charge on any atom is -0.492 e. The summed E-state index contributed by atoms with van der Waals surface area (Å²) in [4.78, 5) is 11.8. The number of anilines is 1. The maximum Gasteiger partial charge on any atom is 0.282 e. The van der Waals surface area contributed by atoms with Gasteiger partial charge < -0.3 is 15.4 Å². The molecule has 1 heterocycles. The molecule has 6 nitrogen and oxygen atoms in total. The largest absolute Gasteiger partial charge is 0.492 e. The Labute approximate surface area is 121 Å². The van der Waals surface area contributed by atoms with E-state index < -0.39 is 0 Å². The molecule has 0 atom stereocenters. The molecule has 2 rings (SSSR count). The lowest BCUT2D eigenvalue weighted by atomic mass is 10.3. The van der Waals surface area contributed by atoms with Crippen molar-refractivity contribution in [2.75, 3.05) is 25.0 Å². The number of nitrogens with zero attached hydrogens (tertiary/aromatic N) is 2. The van der Waals surface area contributed by atoms with Gasteiger partial charge in [0.25, 0.3) is 5.91 Å². The summed E-state index contributed by atoms with van der Waals surface area (Å²) in [6.45, 7) is 3.54. The van der Waals surface area contributed by atoms with Crippen LogP contribution in [0.4, 0.5) is 5.13 Å². The van der Waals surface area contributed by atoms with Crippen LogP contribution >= 0.6 is 11.3 Å². The minimum absolute atomic E-state index is 0.233. The van der Waals surface area contributed by atoms with E-state index in [9.17, 15) is 4.79 Å². The van der Waals surface area contributed by atoms with Crippen LogP contribution in [0.2, 0.25) is 0 Å². The first-order chi connectivity index (χ1) is 9.79. The molecule has 0 aliphatic rings. The third-order valence-electron chi connectivity index (χ3n) is 2.35. The summed E-state index contributed by atoms with van der Waals surface area (Å²) >= 11 is 1.23. The van der Waals surface area contributed by atoms with Gasteiger partial charge in [-0.15, -0.1) is 10.2 Å². The molecule has 20 heavy (non-hydrogen) atoms. The standard InChI is InChI=1S/C13H16N4O2S/c1-2-14-13-17-16-12(20-13)11(18)15-8-9-19-10-6-4-3-5-7-10/h3-7H,2,8-9H2,1H3,(H,14,17)(H,15,18). The van der Waals surface area contributed by atoms with Crippen LogP contribution in [0.25, 0.3) is 0 Å². The Morgan fingerprint density at radius 2 is 2.10 bits per heavy atom. The van der Waals surface area contributed by atoms with E-state index in [2.05, 4.69) is 20.8 Å². The second kappa shape index (κ2) is 7.44. The molecule has 2 aromatic rings. The maximum atomic E-state index is 11.8. The molecule has 0 aliphatic heterocycles. The van der Waals surface area contributed by atoms with Crippen LogP contribution in [0.15, 0.2) is 30.3 Å². The van der Waals surface area contributed by atoms with Crippen molar-refractivity contribution in [2.24, 2.45) is 0 Å². The Hall–Kier alpha value is -2.15. The van der Waals surface area contributed by atoms with Gasteiger partial charge in [0.05, 0.1) is 6.54 Å². The summed E-state index contributed by atoms with van der Waals surface area (Å²) in [7, 11) is 0. The van der Waals surface area contributed by atoms with Crippen molar-refractivity contribution in [2.45, 2.75) is 6.92 Å². The average molecular weight is 292 g/mol. The quantitative estimate of drug-likeness (QED) is 0.761. The summed E-state index contributed by atoms with van der Waals surface area (Å²) in [6.07, 6.45) is 0. The molecule has 1 aromatic carbocycles. The van der Waals surface area contributed by atoms with Gasteiger partial charge in [-0.3, -0.25) is 4.79 Å². The van der Waals surface area contributed by atoms with E-state index in [0.717, 1.165) is 12.3 Å². The molecule has 106 valence electrons. The highest BCUT2D eigenvalue weighted by Gasteiger charge is 2.11. The zero-order valence-corrected chi connectivity index (χ0v) is 11.9. The zero-order valence-electron chi connectivity index (χ0n) is 11.1. The number of nitrogens with one attached hydrogen (secondary N) is 2. The number of ether oxygens (including phenoxy) is 1. The van der Waals surface area contributed by atoms with Gasteiger partial charge in [-0.05, 0) is 19.1 Å². The van der Waals surface area contributed by atoms with Crippen LogP contribution in [-0.2, 0) is 0 Å². The molecular weight excluding hydrogens is 276 g/mol. The molecule has 0 fully saturated rings. The number of benzene rings is 1. The van der Waals surface area contributed by atoms with Crippen LogP contribution in [-0.4, -0.2) is 35.8 Å². The van der Waals surface area contributed by atoms with Crippen LogP contribution in [0, 0.1) is 0 Å². The second-order valence-corrected chi connectivity index (χ2v) is 4.84. The minimum atomic E-state index is -0.233. The molecule has 0 bridgehead atoms. The van der Waals surface area contributed by atoms with E-state index in [1.165, 1.54) is 11.3 Å². The summed E-state index contributed by atoms with van der Waals surface area (Å²) < 4.78 is 5.48. The SMILES string of the molecule is CCNc1nnc(C(=O)NCCOc2ccccc2)s1. The van der Waals surface area contributed by atoms with E-state index in [-0.39, 0.29) is 5.91 Å². The van der Waals surface area contributed by atoms with Crippen LogP contribution in [0.1, 0.15) is 16.7 Å². The van der Waals surface area contributed by atoms with Crippen molar-refractivity contribution < 1.29 is 9.53 Å². The molecule has 7 heteroatoms. The molecule has 0 saturated carbocycles. The van der Waals surface area contributed by atoms with Crippen molar-refractivity contribution in [1.29, 1.82) is 0 Å². The van der Waals surface area contributed by atoms with Gasteiger partial charge in [0.15, 0.2) is 0 Å². The first-order valence-corrected chi connectivity index (χ1v) is 7.14. The number of hydrogen-bond donors (Lipinski definition) is 2. The highest BCUT2D eigenvalue weighted by atomic mass is 32.1. The highest BCUT2D eigenvalue weighted by molar-refractivity contribution is 7.17. The fourth-order valence-electron chi connectivity index (χ4n) is 1.46. The molecule has 2 N–H and O–H groups in total. The van der Waals surface area contributed by atoms with Gasteiger partial charge in [0.2, 0.25) is 10.1 Å². The lowest BCUT2D eigenvalue weighted by Gasteiger charge is -2.06. The van der Waals surface area contributed by atoms with Crippen molar-refractivity contribution in [3.8, 4) is 5.75 Å². The number of amides is 1. The fourth-order valence-corrected chi connectivity index (χ4v) is 2.19. The number of rotatable bonds is 7. The lowest BCUT2D eigenvalue weighted by molar-refractivity contribution is 0.0946. The summed E-state index contributed by atoms with van der Waals surface area (Å²) in [6, 6.07) is 9.46. The van der Waals surface area contributed by atoms with Gasteiger partial charge in [-0.25, -0.2) is 0 Å². The van der Waals surface area contributed by atoms with Crippen LogP contribution in [0.3, 0.4) is 0 Å². The van der Waals surface area contributed by atoms with Gasteiger partial charge in [0, 0.05) is 6.54 Å². The summed E-state index contributed by atoms with van der Waals surface area (Å²) in [5, 5.41) is 14.4. The average Bonchev–Trinajstić information content (AvgIpc) is 2.94. The Morgan fingerprint density at radius 1 is 1.30 bits per heavy atom. The van der Waals surface area contributed by atoms with Gasteiger partial charge in [-0.2, -0.15) is 0 Å². The van der Waals surface area contributed by atoms with Crippen molar-refractivity contribution in [3.63, 3.8) is 0 Å². The lowest BCUT2D eigenvalue weighted by Crippen LogP contribution is -2.28. The predicted octanol–water partition coefficient (Wildman–Crippen LogP) is 1.78. The molecule has 1 aromatic heterocycles. The number of carbonyl (C=O) groups excluding carboxylic acids is 1. The summed E-state index contributed by atoms with van der Waals surface area (Å²) in [5.41, 5.74) is 0.